The minimum absolute atomic E-state index is 0.0193. The molecule has 0 aliphatic heterocycles. The Morgan fingerprint density at radius 3 is 2.39 bits per heavy atom. The SMILES string of the molecule is CSc1ccccc1NS(=O)(=O)c1ccc(CCC(=O)O)cc1. The van der Waals surface area contributed by atoms with E-state index in [1.54, 1.807) is 24.3 Å². The molecule has 0 heterocycles. The molecular weight excluding hydrogens is 334 g/mol. The van der Waals surface area contributed by atoms with Crippen LogP contribution in [0.2, 0.25) is 0 Å². The predicted molar refractivity (Wildman–Crippen MR) is 91.4 cm³/mol. The molecule has 0 aromatic heterocycles. The molecule has 0 spiro atoms. The minimum Gasteiger partial charge on any atom is -0.481 e. The number of rotatable bonds is 7. The number of hydrogen-bond donors (Lipinski definition) is 2. The van der Waals surface area contributed by atoms with Crippen molar-refractivity contribution >= 4 is 33.4 Å². The van der Waals surface area contributed by atoms with Crippen molar-refractivity contribution in [2.75, 3.05) is 11.0 Å². The lowest BCUT2D eigenvalue weighted by Gasteiger charge is -2.11. The first-order valence-electron chi connectivity index (χ1n) is 6.89. The van der Waals surface area contributed by atoms with Gasteiger partial charge in [-0.2, -0.15) is 0 Å². The fraction of sp³-hybridized carbons (Fsp3) is 0.188. The summed E-state index contributed by atoms with van der Waals surface area (Å²) in [6.07, 6.45) is 2.27. The Kier molecular flexibility index (Phi) is 5.68. The van der Waals surface area contributed by atoms with Crippen LogP contribution in [0.3, 0.4) is 0 Å². The maximum Gasteiger partial charge on any atom is 0.303 e. The van der Waals surface area contributed by atoms with Gasteiger partial charge in [-0.15, -0.1) is 11.8 Å². The molecule has 0 fully saturated rings. The maximum atomic E-state index is 12.4. The second-order valence-corrected chi connectivity index (χ2v) is 7.37. The van der Waals surface area contributed by atoms with Crippen LogP contribution in [-0.2, 0) is 21.2 Å². The summed E-state index contributed by atoms with van der Waals surface area (Å²) in [6.45, 7) is 0. The zero-order valence-corrected chi connectivity index (χ0v) is 14.2. The minimum atomic E-state index is -3.67. The van der Waals surface area contributed by atoms with Gasteiger partial charge in [-0.3, -0.25) is 9.52 Å². The average molecular weight is 351 g/mol. The molecule has 23 heavy (non-hydrogen) atoms. The number of carbonyl (C=O) groups is 1. The van der Waals surface area contributed by atoms with Gasteiger partial charge >= 0.3 is 5.97 Å². The molecule has 0 aliphatic carbocycles. The Hall–Kier alpha value is -1.99. The number of benzene rings is 2. The molecule has 2 aromatic rings. The van der Waals surface area contributed by atoms with Crippen molar-refractivity contribution in [1.82, 2.24) is 0 Å². The number of hydrogen-bond acceptors (Lipinski definition) is 4. The van der Waals surface area contributed by atoms with E-state index < -0.39 is 16.0 Å². The number of anilines is 1. The number of carboxylic acid groups (broad SMARTS) is 1. The zero-order valence-electron chi connectivity index (χ0n) is 12.5. The highest BCUT2D eigenvalue weighted by Gasteiger charge is 2.15. The summed E-state index contributed by atoms with van der Waals surface area (Å²) in [5.41, 5.74) is 1.32. The largest absolute Gasteiger partial charge is 0.481 e. The van der Waals surface area contributed by atoms with Gasteiger partial charge in [-0.25, -0.2) is 8.42 Å². The Labute approximate surface area is 139 Å². The van der Waals surface area contributed by atoms with E-state index in [1.165, 1.54) is 23.9 Å². The van der Waals surface area contributed by atoms with E-state index in [0.717, 1.165) is 10.5 Å². The fourth-order valence-electron chi connectivity index (χ4n) is 2.02. The highest BCUT2D eigenvalue weighted by Crippen LogP contribution is 2.27. The summed E-state index contributed by atoms with van der Waals surface area (Å²) >= 11 is 1.46. The molecule has 122 valence electrons. The van der Waals surface area contributed by atoms with Crippen LogP contribution in [0.5, 0.6) is 0 Å². The number of sulfonamides is 1. The summed E-state index contributed by atoms with van der Waals surface area (Å²) in [6, 6.07) is 13.4. The summed E-state index contributed by atoms with van der Waals surface area (Å²) in [5.74, 6) is -0.878. The molecule has 0 bridgehead atoms. The van der Waals surface area contributed by atoms with Crippen molar-refractivity contribution in [3.05, 3.63) is 54.1 Å². The molecule has 2 rings (SSSR count). The fourth-order valence-corrected chi connectivity index (χ4v) is 3.72. The molecule has 2 aromatic carbocycles. The first kappa shape index (κ1) is 17.4. The van der Waals surface area contributed by atoms with E-state index in [4.69, 9.17) is 5.11 Å². The summed E-state index contributed by atoms with van der Waals surface area (Å²) in [5, 5.41) is 8.66. The lowest BCUT2D eigenvalue weighted by molar-refractivity contribution is -0.136. The standard InChI is InChI=1S/C16H17NO4S2/c1-22-15-5-3-2-4-14(15)17-23(20,21)13-9-6-12(7-10-13)8-11-16(18)19/h2-7,9-10,17H,8,11H2,1H3,(H,18,19). The van der Waals surface area contributed by atoms with Crippen LogP contribution in [0.15, 0.2) is 58.3 Å². The van der Waals surface area contributed by atoms with Gasteiger partial charge in [-0.1, -0.05) is 24.3 Å². The highest BCUT2D eigenvalue weighted by atomic mass is 32.2. The number of para-hydroxylation sites is 1. The maximum absolute atomic E-state index is 12.4. The van der Waals surface area contributed by atoms with Gasteiger partial charge in [-0.05, 0) is 42.5 Å². The lowest BCUT2D eigenvalue weighted by atomic mass is 10.1. The van der Waals surface area contributed by atoms with Crippen molar-refractivity contribution in [1.29, 1.82) is 0 Å². The van der Waals surface area contributed by atoms with E-state index in [0.29, 0.717) is 12.1 Å². The van der Waals surface area contributed by atoms with Crippen molar-refractivity contribution in [2.45, 2.75) is 22.6 Å². The summed E-state index contributed by atoms with van der Waals surface area (Å²) < 4.78 is 27.4. The van der Waals surface area contributed by atoms with Crippen LogP contribution in [0.4, 0.5) is 5.69 Å². The quantitative estimate of drug-likeness (QED) is 0.748. The summed E-state index contributed by atoms with van der Waals surface area (Å²) in [4.78, 5) is 11.5. The average Bonchev–Trinajstić information content (AvgIpc) is 2.53. The van der Waals surface area contributed by atoms with Gasteiger partial charge in [0, 0.05) is 11.3 Å². The van der Waals surface area contributed by atoms with E-state index in [9.17, 15) is 13.2 Å². The smallest absolute Gasteiger partial charge is 0.303 e. The number of carboxylic acids is 1. The Morgan fingerprint density at radius 2 is 1.78 bits per heavy atom. The van der Waals surface area contributed by atoms with Crippen LogP contribution >= 0.6 is 11.8 Å². The third-order valence-corrected chi connectivity index (χ3v) is 5.39. The van der Waals surface area contributed by atoms with Crippen LogP contribution in [0.25, 0.3) is 0 Å². The molecule has 0 saturated heterocycles. The zero-order chi connectivity index (χ0) is 16.9. The van der Waals surface area contributed by atoms with Crippen LogP contribution in [-0.4, -0.2) is 25.7 Å². The van der Waals surface area contributed by atoms with Crippen molar-refractivity contribution in [3.8, 4) is 0 Å². The van der Waals surface area contributed by atoms with Crippen LogP contribution in [0, 0.1) is 0 Å². The molecule has 0 atom stereocenters. The van der Waals surface area contributed by atoms with Gasteiger partial charge in [0.05, 0.1) is 10.6 Å². The predicted octanol–water partition coefficient (Wildman–Crippen LogP) is 3.23. The third-order valence-electron chi connectivity index (χ3n) is 3.21. The van der Waals surface area contributed by atoms with Gasteiger partial charge < -0.3 is 5.11 Å². The topological polar surface area (TPSA) is 83.5 Å². The molecule has 0 radical (unpaired) electrons. The number of thioether (sulfide) groups is 1. The second-order valence-electron chi connectivity index (χ2n) is 4.84. The molecular formula is C16H17NO4S2. The van der Waals surface area contributed by atoms with E-state index in [-0.39, 0.29) is 11.3 Å². The van der Waals surface area contributed by atoms with E-state index in [2.05, 4.69) is 4.72 Å². The van der Waals surface area contributed by atoms with Crippen molar-refractivity contribution in [3.63, 3.8) is 0 Å². The first-order valence-corrected chi connectivity index (χ1v) is 9.60. The molecule has 0 unspecified atom stereocenters. The van der Waals surface area contributed by atoms with Gasteiger partial charge in [0.1, 0.15) is 0 Å². The van der Waals surface area contributed by atoms with Gasteiger partial charge in [0.15, 0.2) is 0 Å². The highest BCUT2D eigenvalue weighted by molar-refractivity contribution is 7.99. The molecule has 7 heteroatoms. The van der Waals surface area contributed by atoms with E-state index in [1.807, 2.05) is 18.4 Å². The molecule has 2 N–H and O–H groups in total. The normalized spacial score (nSPS) is 11.2. The molecule has 0 aliphatic rings. The monoisotopic (exact) mass is 351 g/mol. The molecule has 0 amide bonds. The van der Waals surface area contributed by atoms with Crippen molar-refractivity contribution < 1.29 is 18.3 Å². The Morgan fingerprint density at radius 1 is 1.13 bits per heavy atom. The third kappa shape index (κ3) is 4.74. The Bertz CT molecular complexity index is 786. The number of nitrogens with one attached hydrogen (secondary N) is 1. The number of aliphatic carboxylic acids is 1. The first-order chi connectivity index (χ1) is 10.9. The van der Waals surface area contributed by atoms with E-state index >= 15 is 0 Å². The molecule has 5 nitrogen and oxygen atoms in total. The van der Waals surface area contributed by atoms with Crippen LogP contribution in [0.1, 0.15) is 12.0 Å². The lowest BCUT2D eigenvalue weighted by Crippen LogP contribution is -2.13. The summed E-state index contributed by atoms with van der Waals surface area (Å²) in [7, 11) is -3.67. The number of aryl methyl sites for hydroxylation is 1. The Balaban J connectivity index is 2.17. The second kappa shape index (κ2) is 7.52. The van der Waals surface area contributed by atoms with Crippen molar-refractivity contribution in [2.24, 2.45) is 0 Å². The van der Waals surface area contributed by atoms with Gasteiger partial charge in [0.2, 0.25) is 0 Å². The van der Waals surface area contributed by atoms with Crippen LogP contribution < -0.4 is 4.72 Å². The molecule has 0 saturated carbocycles. The van der Waals surface area contributed by atoms with Gasteiger partial charge in [0.25, 0.3) is 10.0 Å².